The monoisotopic (exact) mass is 287 g/mol. The minimum Gasteiger partial charge on any atom is -0.463 e. The first-order valence-electron chi connectivity index (χ1n) is 5.89. The van der Waals surface area contributed by atoms with E-state index in [2.05, 4.69) is 5.16 Å². The zero-order valence-corrected chi connectivity index (χ0v) is 11.3. The van der Waals surface area contributed by atoms with Crippen LogP contribution in [-0.4, -0.2) is 25.4 Å². The quantitative estimate of drug-likeness (QED) is 0.335. The summed E-state index contributed by atoms with van der Waals surface area (Å²) in [5, 5.41) is 3.79. The van der Waals surface area contributed by atoms with Gasteiger partial charge in [-0.1, -0.05) is 30.1 Å². The van der Waals surface area contributed by atoms with Crippen LogP contribution in [0.25, 0.3) is 0 Å². The summed E-state index contributed by atoms with van der Waals surface area (Å²) >= 11 is 5.78. The Kier molecular flexibility index (Phi) is 6.89. The lowest BCUT2D eigenvalue weighted by atomic mass is 10.2. The Morgan fingerprint density at radius 1 is 1.53 bits per heavy atom. The smallest absolute Gasteiger partial charge is 0.347 e. The van der Waals surface area contributed by atoms with Crippen LogP contribution in [0.3, 0.4) is 0 Å². The van der Waals surface area contributed by atoms with Gasteiger partial charge in [-0.2, -0.15) is 0 Å². The van der Waals surface area contributed by atoms with Crippen LogP contribution in [0, 0.1) is 5.82 Å². The molecule has 0 amide bonds. The molecule has 0 N–H and O–H groups in total. The molecule has 0 saturated carbocycles. The van der Waals surface area contributed by atoms with Gasteiger partial charge in [0.2, 0.25) is 6.61 Å². The van der Waals surface area contributed by atoms with E-state index >= 15 is 0 Å². The van der Waals surface area contributed by atoms with Crippen LogP contribution in [0.15, 0.2) is 23.4 Å². The molecular formula is C13H15ClFNO3. The third-order valence-electron chi connectivity index (χ3n) is 2.17. The number of ether oxygens (including phenoxy) is 1. The van der Waals surface area contributed by atoms with Gasteiger partial charge in [0.1, 0.15) is 5.82 Å². The van der Waals surface area contributed by atoms with E-state index in [0.29, 0.717) is 12.2 Å². The number of rotatable bonds is 7. The van der Waals surface area contributed by atoms with Gasteiger partial charge in [0.15, 0.2) is 0 Å². The SMILES string of the molecule is CCCCOC(=O)CO/N=C/c1ccc(F)cc1Cl. The molecule has 0 saturated heterocycles. The predicted octanol–water partition coefficient (Wildman–Crippen LogP) is 3.17. The minimum absolute atomic E-state index is 0.220. The minimum atomic E-state index is -0.476. The second kappa shape index (κ2) is 8.48. The van der Waals surface area contributed by atoms with E-state index in [1.165, 1.54) is 24.4 Å². The lowest BCUT2D eigenvalue weighted by Crippen LogP contribution is -2.11. The van der Waals surface area contributed by atoms with Gasteiger partial charge in [-0.15, -0.1) is 0 Å². The van der Waals surface area contributed by atoms with Gasteiger partial charge in [0, 0.05) is 5.56 Å². The van der Waals surface area contributed by atoms with Crippen molar-refractivity contribution >= 4 is 23.8 Å². The van der Waals surface area contributed by atoms with Gasteiger partial charge < -0.3 is 9.57 Å². The first-order chi connectivity index (χ1) is 9.13. The molecule has 1 aromatic carbocycles. The Balaban J connectivity index is 2.32. The number of benzene rings is 1. The molecule has 0 aromatic heterocycles. The molecule has 104 valence electrons. The summed E-state index contributed by atoms with van der Waals surface area (Å²) in [7, 11) is 0. The van der Waals surface area contributed by atoms with Gasteiger partial charge in [0.25, 0.3) is 0 Å². The topological polar surface area (TPSA) is 47.9 Å². The summed E-state index contributed by atoms with van der Waals surface area (Å²) in [5.41, 5.74) is 0.502. The predicted molar refractivity (Wildman–Crippen MR) is 70.8 cm³/mol. The lowest BCUT2D eigenvalue weighted by molar-refractivity contribution is -0.149. The van der Waals surface area contributed by atoms with Crippen molar-refractivity contribution < 1.29 is 18.8 Å². The molecule has 0 aliphatic carbocycles. The number of nitrogens with zero attached hydrogens (tertiary/aromatic N) is 1. The highest BCUT2D eigenvalue weighted by atomic mass is 35.5. The molecule has 0 spiro atoms. The molecule has 4 nitrogen and oxygen atoms in total. The van der Waals surface area contributed by atoms with Crippen LogP contribution in [0.2, 0.25) is 5.02 Å². The summed E-state index contributed by atoms with van der Waals surface area (Å²) in [6.07, 6.45) is 3.08. The van der Waals surface area contributed by atoms with Crippen LogP contribution >= 0.6 is 11.6 Å². The fourth-order valence-electron chi connectivity index (χ4n) is 1.16. The second-order valence-electron chi connectivity index (χ2n) is 3.75. The molecule has 0 aliphatic heterocycles. The van der Waals surface area contributed by atoms with Crippen molar-refractivity contribution in [2.75, 3.05) is 13.2 Å². The Morgan fingerprint density at radius 2 is 2.32 bits per heavy atom. The van der Waals surface area contributed by atoms with Crippen LogP contribution in [0.5, 0.6) is 0 Å². The zero-order valence-electron chi connectivity index (χ0n) is 10.6. The number of oxime groups is 1. The van der Waals surface area contributed by atoms with Gasteiger partial charge in [-0.05, 0) is 24.6 Å². The molecule has 0 radical (unpaired) electrons. The molecule has 0 fully saturated rings. The number of hydrogen-bond donors (Lipinski definition) is 0. The van der Waals surface area contributed by atoms with Gasteiger partial charge >= 0.3 is 5.97 Å². The summed E-state index contributed by atoms with van der Waals surface area (Å²) in [4.78, 5) is 15.9. The molecule has 0 unspecified atom stereocenters. The average molecular weight is 288 g/mol. The zero-order chi connectivity index (χ0) is 14.1. The number of halogens is 2. The van der Waals surface area contributed by atoms with Gasteiger partial charge in [0.05, 0.1) is 17.8 Å². The van der Waals surface area contributed by atoms with Crippen molar-refractivity contribution in [3.8, 4) is 0 Å². The molecule has 6 heteroatoms. The average Bonchev–Trinajstić information content (AvgIpc) is 2.37. The number of hydrogen-bond acceptors (Lipinski definition) is 4. The molecule has 0 atom stereocenters. The maximum atomic E-state index is 12.8. The van der Waals surface area contributed by atoms with Crippen LogP contribution in [0.4, 0.5) is 4.39 Å². The Bertz CT molecular complexity index is 452. The fraction of sp³-hybridized carbons (Fsp3) is 0.385. The van der Waals surface area contributed by atoms with Crippen molar-refractivity contribution in [1.29, 1.82) is 0 Å². The second-order valence-corrected chi connectivity index (χ2v) is 4.16. The highest BCUT2D eigenvalue weighted by Crippen LogP contribution is 2.15. The van der Waals surface area contributed by atoms with Crippen LogP contribution < -0.4 is 0 Å². The van der Waals surface area contributed by atoms with E-state index in [4.69, 9.17) is 21.2 Å². The lowest BCUT2D eigenvalue weighted by Gasteiger charge is -2.02. The molecule has 1 aromatic rings. The largest absolute Gasteiger partial charge is 0.463 e. The van der Waals surface area contributed by atoms with Crippen LogP contribution in [0.1, 0.15) is 25.3 Å². The number of esters is 1. The Hall–Kier alpha value is -1.62. The van der Waals surface area contributed by atoms with Crippen molar-refractivity contribution in [1.82, 2.24) is 0 Å². The van der Waals surface area contributed by atoms with E-state index in [1.54, 1.807) is 0 Å². The number of carbonyl (C=O) groups excluding carboxylic acids is 1. The summed E-state index contributed by atoms with van der Waals surface area (Å²) in [5.74, 6) is -0.904. The van der Waals surface area contributed by atoms with Gasteiger partial charge in [-0.3, -0.25) is 0 Å². The van der Waals surface area contributed by atoms with E-state index in [1.807, 2.05) is 6.92 Å². The van der Waals surface area contributed by atoms with E-state index in [9.17, 15) is 9.18 Å². The molecule has 0 heterocycles. The molecule has 1 rings (SSSR count). The normalized spacial score (nSPS) is 10.7. The molecular weight excluding hydrogens is 273 g/mol. The highest BCUT2D eigenvalue weighted by molar-refractivity contribution is 6.33. The van der Waals surface area contributed by atoms with Gasteiger partial charge in [-0.25, -0.2) is 9.18 Å². The first-order valence-corrected chi connectivity index (χ1v) is 6.27. The van der Waals surface area contributed by atoms with Crippen molar-refractivity contribution in [2.45, 2.75) is 19.8 Å². The van der Waals surface area contributed by atoms with Crippen molar-refractivity contribution in [3.63, 3.8) is 0 Å². The summed E-state index contributed by atoms with van der Waals surface area (Å²) in [6, 6.07) is 3.89. The van der Waals surface area contributed by atoms with Crippen molar-refractivity contribution in [2.24, 2.45) is 5.16 Å². The van der Waals surface area contributed by atoms with E-state index in [0.717, 1.165) is 12.8 Å². The first kappa shape index (κ1) is 15.4. The van der Waals surface area contributed by atoms with E-state index < -0.39 is 11.8 Å². The number of unbranched alkanes of at least 4 members (excludes halogenated alkanes) is 1. The summed E-state index contributed by atoms with van der Waals surface area (Å²) in [6.45, 7) is 2.12. The fourth-order valence-corrected chi connectivity index (χ4v) is 1.38. The molecule has 19 heavy (non-hydrogen) atoms. The van der Waals surface area contributed by atoms with E-state index in [-0.39, 0.29) is 11.6 Å². The Morgan fingerprint density at radius 3 is 3.00 bits per heavy atom. The maximum absolute atomic E-state index is 12.8. The standard InChI is InChI=1S/C13H15ClFNO3/c1-2-3-6-18-13(17)9-19-16-8-10-4-5-11(15)7-12(10)14/h4-5,7-8H,2-3,6,9H2,1H3/b16-8+. The highest BCUT2D eigenvalue weighted by Gasteiger charge is 2.02. The summed E-state index contributed by atoms with van der Waals surface area (Å²) < 4.78 is 17.6. The molecule has 0 aliphatic rings. The molecule has 0 bridgehead atoms. The maximum Gasteiger partial charge on any atom is 0.347 e. The third kappa shape index (κ3) is 6.20. The Labute approximate surface area is 116 Å². The van der Waals surface area contributed by atoms with Crippen LogP contribution in [-0.2, 0) is 14.4 Å². The van der Waals surface area contributed by atoms with Crippen molar-refractivity contribution in [3.05, 3.63) is 34.6 Å². The third-order valence-corrected chi connectivity index (χ3v) is 2.50. The number of carbonyl (C=O) groups is 1.